The largest absolute Gasteiger partial charge is 0.307 e. The van der Waals surface area contributed by atoms with Gasteiger partial charge in [0.15, 0.2) is 0 Å². The summed E-state index contributed by atoms with van der Waals surface area (Å²) in [5, 5.41) is 0. The maximum Gasteiger partial charge on any atom is 0.106 e. The highest BCUT2D eigenvalue weighted by Gasteiger charge is 2.24. The summed E-state index contributed by atoms with van der Waals surface area (Å²) in [7, 11) is 0. The third-order valence-corrected chi connectivity index (χ3v) is 1.71. The van der Waals surface area contributed by atoms with E-state index < -0.39 is 0 Å². The molecule has 1 rings (SSSR count). The Bertz CT molecular complexity index is 60.8. The van der Waals surface area contributed by atoms with Gasteiger partial charge in [-0.05, 0) is 18.3 Å². The highest BCUT2D eigenvalue weighted by atomic mass is 16.1. The maximum absolute atomic E-state index is 8.00. The third kappa shape index (κ3) is 2.10. The van der Waals surface area contributed by atoms with Gasteiger partial charge in [0.05, 0.1) is 0 Å². The minimum Gasteiger partial charge on any atom is -0.307 e. The van der Waals surface area contributed by atoms with Crippen molar-refractivity contribution in [3.63, 3.8) is 0 Å². The average Bonchev–Trinajstić information content (AvgIpc) is 1.69. The third-order valence-electron chi connectivity index (χ3n) is 1.71. The van der Waals surface area contributed by atoms with E-state index in [0.29, 0.717) is 0 Å². The monoisotopic (exact) mass is 114 g/mol. The van der Waals surface area contributed by atoms with E-state index in [9.17, 15) is 0 Å². The van der Waals surface area contributed by atoms with Crippen LogP contribution in [0.15, 0.2) is 0 Å². The smallest absolute Gasteiger partial charge is 0.106 e. The zero-order valence-corrected chi connectivity index (χ0v) is 5.74. The molecule has 0 atom stereocenters. The van der Waals surface area contributed by atoms with E-state index in [-0.39, 0.29) is 0 Å². The van der Waals surface area contributed by atoms with Crippen LogP contribution in [0, 0.1) is 5.41 Å². The molecule has 0 N–H and O–H groups in total. The summed E-state index contributed by atoms with van der Waals surface area (Å²) in [5.41, 5.74) is 0.722. The van der Waals surface area contributed by atoms with E-state index in [2.05, 4.69) is 13.8 Å². The number of hydrogen-bond acceptors (Lipinski definition) is 1. The first kappa shape index (κ1) is 7.67. The SMILES string of the molecule is C=O.CC1(C)CCC1. The van der Waals surface area contributed by atoms with Crippen molar-refractivity contribution in [1.29, 1.82) is 0 Å². The van der Waals surface area contributed by atoms with Crippen molar-refractivity contribution in [3.8, 4) is 0 Å². The van der Waals surface area contributed by atoms with Gasteiger partial charge in [-0.1, -0.05) is 20.3 Å². The highest BCUT2D eigenvalue weighted by Crippen LogP contribution is 2.38. The molecular weight excluding hydrogens is 100 g/mol. The molecule has 8 heavy (non-hydrogen) atoms. The molecule has 0 saturated heterocycles. The number of carbonyl (C=O) groups is 1. The van der Waals surface area contributed by atoms with Crippen LogP contribution in [0.3, 0.4) is 0 Å². The molecule has 1 aliphatic rings. The first-order chi connectivity index (χ1) is 3.71. The number of hydrogen-bond donors (Lipinski definition) is 0. The van der Waals surface area contributed by atoms with Crippen LogP contribution in [0.2, 0.25) is 0 Å². The Morgan fingerprint density at radius 1 is 1.25 bits per heavy atom. The van der Waals surface area contributed by atoms with Crippen molar-refractivity contribution in [2.45, 2.75) is 33.1 Å². The summed E-state index contributed by atoms with van der Waals surface area (Å²) >= 11 is 0. The fraction of sp³-hybridized carbons (Fsp3) is 0.857. The van der Waals surface area contributed by atoms with Crippen LogP contribution in [-0.4, -0.2) is 6.79 Å². The summed E-state index contributed by atoms with van der Waals surface area (Å²) in [4.78, 5) is 8.00. The topological polar surface area (TPSA) is 17.1 Å². The first-order valence-corrected chi connectivity index (χ1v) is 3.00. The summed E-state index contributed by atoms with van der Waals surface area (Å²) in [6.07, 6.45) is 4.37. The second kappa shape index (κ2) is 2.85. The predicted octanol–water partition coefficient (Wildman–Crippen LogP) is 2.01. The van der Waals surface area contributed by atoms with E-state index in [0.717, 1.165) is 5.41 Å². The van der Waals surface area contributed by atoms with Crippen LogP contribution >= 0.6 is 0 Å². The zero-order valence-electron chi connectivity index (χ0n) is 5.74. The molecule has 0 aliphatic heterocycles. The van der Waals surface area contributed by atoms with Crippen LogP contribution in [0.4, 0.5) is 0 Å². The molecular formula is C7H14O. The van der Waals surface area contributed by atoms with Gasteiger partial charge in [0, 0.05) is 0 Å². The van der Waals surface area contributed by atoms with E-state index in [1.165, 1.54) is 19.3 Å². The Morgan fingerprint density at radius 2 is 1.50 bits per heavy atom. The normalized spacial score (nSPS) is 22.2. The Hall–Kier alpha value is -0.330. The quantitative estimate of drug-likeness (QED) is 0.471. The first-order valence-electron chi connectivity index (χ1n) is 3.00. The van der Waals surface area contributed by atoms with Crippen molar-refractivity contribution in [1.82, 2.24) is 0 Å². The molecule has 1 fully saturated rings. The second-order valence-electron chi connectivity index (χ2n) is 3.02. The van der Waals surface area contributed by atoms with E-state index in [4.69, 9.17) is 4.79 Å². The van der Waals surface area contributed by atoms with Gasteiger partial charge in [0.25, 0.3) is 0 Å². The lowest BCUT2D eigenvalue weighted by Crippen LogP contribution is -2.20. The summed E-state index contributed by atoms with van der Waals surface area (Å²) in [5.74, 6) is 0. The molecule has 0 aromatic rings. The molecule has 0 aromatic carbocycles. The molecule has 1 nitrogen and oxygen atoms in total. The average molecular weight is 114 g/mol. The summed E-state index contributed by atoms with van der Waals surface area (Å²) < 4.78 is 0. The highest BCUT2D eigenvalue weighted by molar-refractivity contribution is 5.10. The molecule has 0 unspecified atom stereocenters. The lowest BCUT2D eigenvalue weighted by molar-refractivity contribution is -0.0979. The molecule has 48 valence electrons. The van der Waals surface area contributed by atoms with Gasteiger partial charge >= 0.3 is 0 Å². The van der Waals surface area contributed by atoms with Gasteiger partial charge in [-0.25, -0.2) is 0 Å². The Balaban J connectivity index is 0.000000222. The van der Waals surface area contributed by atoms with Crippen molar-refractivity contribution in [2.75, 3.05) is 0 Å². The molecule has 1 saturated carbocycles. The van der Waals surface area contributed by atoms with Crippen molar-refractivity contribution in [2.24, 2.45) is 5.41 Å². The van der Waals surface area contributed by atoms with Crippen molar-refractivity contribution >= 4 is 6.79 Å². The summed E-state index contributed by atoms with van der Waals surface area (Å²) in [6.45, 7) is 6.66. The van der Waals surface area contributed by atoms with Crippen molar-refractivity contribution < 1.29 is 4.79 Å². The van der Waals surface area contributed by atoms with Gasteiger partial charge in [-0.15, -0.1) is 0 Å². The van der Waals surface area contributed by atoms with Crippen LogP contribution in [0.25, 0.3) is 0 Å². The van der Waals surface area contributed by atoms with Crippen LogP contribution in [-0.2, 0) is 4.79 Å². The molecule has 1 aliphatic carbocycles. The van der Waals surface area contributed by atoms with Gasteiger partial charge in [0.2, 0.25) is 0 Å². The second-order valence-corrected chi connectivity index (χ2v) is 3.02. The van der Waals surface area contributed by atoms with Gasteiger partial charge in [-0.3, -0.25) is 0 Å². The fourth-order valence-corrected chi connectivity index (χ4v) is 0.884. The molecule has 0 amide bonds. The molecule has 0 spiro atoms. The molecule has 0 heterocycles. The van der Waals surface area contributed by atoms with E-state index in [1.54, 1.807) is 0 Å². The molecule has 0 bridgehead atoms. The van der Waals surface area contributed by atoms with Gasteiger partial charge in [0.1, 0.15) is 6.79 Å². The van der Waals surface area contributed by atoms with Crippen LogP contribution in [0.1, 0.15) is 33.1 Å². The van der Waals surface area contributed by atoms with E-state index >= 15 is 0 Å². The lowest BCUT2D eigenvalue weighted by Gasteiger charge is -2.33. The van der Waals surface area contributed by atoms with Crippen LogP contribution < -0.4 is 0 Å². The minimum atomic E-state index is 0.722. The Labute approximate surface area is 51.1 Å². The predicted molar refractivity (Wildman–Crippen MR) is 34.8 cm³/mol. The lowest BCUT2D eigenvalue weighted by atomic mass is 9.72. The van der Waals surface area contributed by atoms with Gasteiger partial charge in [-0.2, -0.15) is 0 Å². The number of carbonyl (C=O) groups excluding carboxylic acids is 1. The Morgan fingerprint density at radius 3 is 1.50 bits per heavy atom. The molecule has 0 aromatic heterocycles. The Kier molecular flexibility index (Phi) is 2.74. The molecule has 0 radical (unpaired) electrons. The minimum absolute atomic E-state index is 0.722. The van der Waals surface area contributed by atoms with Gasteiger partial charge < -0.3 is 4.79 Å². The van der Waals surface area contributed by atoms with Crippen LogP contribution in [0.5, 0.6) is 0 Å². The zero-order chi connectivity index (χ0) is 6.62. The maximum atomic E-state index is 8.00. The number of rotatable bonds is 0. The fourth-order valence-electron chi connectivity index (χ4n) is 0.884. The molecule has 1 heteroatoms. The van der Waals surface area contributed by atoms with Crippen molar-refractivity contribution in [3.05, 3.63) is 0 Å². The summed E-state index contributed by atoms with van der Waals surface area (Å²) in [6, 6.07) is 0. The van der Waals surface area contributed by atoms with E-state index in [1.807, 2.05) is 6.79 Å². The standard InChI is InChI=1S/C6H12.CH2O/c1-6(2)4-3-5-6;1-2/h3-5H2,1-2H3;1H2.